The van der Waals surface area contributed by atoms with Crippen LogP contribution >= 0.6 is 0 Å². The summed E-state index contributed by atoms with van der Waals surface area (Å²) in [5, 5.41) is 2.90. The van der Waals surface area contributed by atoms with Crippen LogP contribution in [0.2, 0.25) is 0 Å². The van der Waals surface area contributed by atoms with E-state index in [0.29, 0.717) is 12.1 Å². The van der Waals surface area contributed by atoms with E-state index in [-0.39, 0.29) is 35.0 Å². The highest BCUT2D eigenvalue weighted by atomic mass is 32.2. The summed E-state index contributed by atoms with van der Waals surface area (Å²) in [5.74, 6) is -0.452. The molecule has 0 bridgehead atoms. The Balaban J connectivity index is 1.64. The van der Waals surface area contributed by atoms with Crippen molar-refractivity contribution < 1.29 is 31.5 Å². The molecule has 7 nitrogen and oxygen atoms in total. The summed E-state index contributed by atoms with van der Waals surface area (Å²) in [7, 11) is -1.53. The van der Waals surface area contributed by atoms with Crippen LogP contribution in [0.15, 0.2) is 18.2 Å². The van der Waals surface area contributed by atoms with E-state index in [1.54, 1.807) is 14.0 Å². The predicted molar refractivity (Wildman–Crippen MR) is 85.6 cm³/mol. The number of amides is 1. The van der Waals surface area contributed by atoms with Crippen molar-refractivity contribution in [3.63, 3.8) is 0 Å². The summed E-state index contributed by atoms with van der Waals surface area (Å²) in [6.07, 6.45) is -3.28. The monoisotopic (exact) mass is 376 g/mol. The first-order chi connectivity index (χ1) is 11.6. The molecule has 138 valence electrons. The molecule has 0 unspecified atom stereocenters. The molecule has 1 aromatic rings. The first kappa shape index (κ1) is 17.7. The molecule has 0 saturated carbocycles. The van der Waals surface area contributed by atoms with E-state index in [4.69, 9.17) is 0 Å². The van der Waals surface area contributed by atoms with E-state index >= 15 is 0 Å². The molecule has 10 heteroatoms. The maximum atomic E-state index is 13.0. The Hall–Kier alpha value is -2.10. The van der Waals surface area contributed by atoms with Gasteiger partial charge in [-0.25, -0.2) is 8.42 Å². The number of halogens is 2. The Morgan fingerprint density at radius 1 is 1.36 bits per heavy atom. The van der Waals surface area contributed by atoms with Crippen molar-refractivity contribution in [2.24, 2.45) is 0 Å². The average Bonchev–Trinajstić information content (AvgIpc) is 3.02. The topological polar surface area (TPSA) is 84.9 Å². The van der Waals surface area contributed by atoms with Gasteiger partial charge in [-0.15, -0.1) is 8.78 Å². The number of hydrogen-bond donors (Lipinski definition) is 1. The minimum Gasteiger partial charge on any atom is -0.395 e. The minimum atomic E-state index is -3.70. The Kier molecular flexibility index (Phi) is 4.26. The van der Waals surface area contributed by atoms with Gasteiger partial charge in [-0.3, -0.25) is 4.79 Å². The molecule has 2 aliphatic heterocycles. The normalized spacial score (nSPS) is 23.9. The summed E-state index contributed by atoms with van der Waals surface area (Å²) < 4.78 is 57.8. The molecular formula is C15H18F2N2O5S. The second-order valence-corrected chi connectivity index (χ2v) is 8.43. The highest BCUT2D eigenvalue weighted by molar-refractivity contribution is 7.91. The van der Waals surface area contributed by atoms with Gasteiger partial charge < -0.3 is 19.7 Å². The maximum absolute atomic E-state index is 13.0. The molecule has 2 heterocycles. The largest absolute Gasteiger partial charge is 0.586 e. The second kappa shape index (κ2) is 6.01. The number of alkyl halides is 2. The van der Waals surface area contributed by atoms with E-state index < -0.39 is 22.2 Å². The maximum Gasteiger partial charge on any atom is 0.586 e. The van der Waals surface area contributed by atoms with Crippen LogP contribution < -0.4 is 14.8 Å². The van der Waals surface area contributed by atoms with Gasteiger partial charge in [-0.05, 0) is 25.5 Å². The van der Waals surface area contributed by atoms with E-state index in [2.05, 4.69) is 14.8 Å². The zero-order chi connectivity index (χ0) is 18.4. The fourth-order valence-corrected chi connectivity index (χ4v) is 4.69. The number of nitrogens with one attached hydrogen (secondary N) is 1. The Labute approximate surface area is 143 Å². The summed E-state index contributed by atoms with van der Waals surface area (Å²) >= 11 is 0. The molecule has 0 aliphatic carbocycles. The van der Waals surface area contributed by atoms with Crippen LogP contribution in [0.25, 0.3) is 0 Å². The molecule has 0 aromatic heterocycles. The van der Waals surface area contributed by atoms with E-state index in [1.807, 2.05) is 0 Å². The molecule has 2 atom stereocenters. The van der Waals surface area contributed by atoms with Gasteiger partial charge in [-0.2, -0.15) is 0 Å². The van der Waals surface area contributed by atoms with Gasteiger partial charge in [0, 0.05) is 24.8 Å². The lowest BCUT2D eigenvalue weighted by Crippen LogP contribution is -2.45. The van der Waals surface area contributed by atoms with Gasteiger partial charge in [-0.1, -0.05) is 0 Å². The Bertz CT molecular complexity index is 799. The number of fused-ring (bicyclic) bond motifs is 1. The number of hydrogen-bond acceptors (Lipinski definition) is 6. The molecule has 0 radical (unpaired) electrons. The molecule has 2 aliphatic rings. The van der Waals surface area contributed by atoms with Crippen LogP contribution in [0.4, 0.5) is 14.5 Å². The Morgan fingerprint density at radius 2 is 2.04 bits per heavy atom. The molecule has 1 N–H and O–H groups in total. The van der Waals surface area contributed by atoms with Crippen molar-refractivity contribution >= 4 is 21.4 Å². The van der Waals surface area contributed by atoms with Crippen LogP contribution in [0.3, 0.4) is 0 Å². The molecule has 1 saturated heterocycles. The summed E-state index contributed by atoms with van der Waals surface area (Å²) in [6.45, 7) is 1.61. The fourth-order valence-electron chi connectivity index (χ4n) is 2.92. The van der Waals surface area contributed by atoms with E-state index in [0.717, 1.165) is 0 Å². The highest BCUT2D eigenvalue weighted by Gasteiger charge is 2.43. The number of carbonyl (C=O) groups excluding carboxylic acids is 1. The first-order valence-corrected chi connectivity index (χ1v) is 9.52. The second-order valence-electron chi connectivity index (χ2n) is 6.20. The van der Waals surface area contributed by atoms with Crippen LogP contribution in [0, 0.1) is 0 Å². The SMILES string of the molecule is C[C@H](Nc1ccc2c(c1)OC(F)(F)O2)C(=O)N(C)[C@@H]1CCS(=O)(=O)C1. The summed E-state index contributed by atoms with van der Waals surface area (Å²) in [6, 6.07) is 3.11. The van der Waals surface area contributed by atoms with Crippen molar-refractivity contribution in [1.82, 2.24) is 4.90 Å². The van der Waals surface area contributed by atoms with Crippen LogP contribution in [-0.2, 0) is 14.6 Å². The lowest BCUT2D eigenvalue weighted by molar-refractivity contribution is -0.286. The average molecular weight is 376 g/mol. The molecule has 1 aromatic carbocycles. The third-order valence-corrected chi connectivity index (χ3v) is 6.01. The molecular weight excluding hydrogens is 358 g/mol. The Morgan fingerprint density at radius 3 is 2.68 bits per heavy atom. The predicted octanol–water partition coefficient (Wildman–Crippen LogP) is 1.45. The van der Waals surface area contributed by atoms with E-state index in [9.17, 15) is 22.0 Å². The molecule has 0 spiro atoms. The fraction of sp³-hybridized carbons (Fsp3) is 0.533. The minimum absolute atomic E-state index is 0.0406. The zero-order valence-corrected chi connectivity index (χ0v) is 14.5. The lowest BCUT2D eigenvalue weighted by Gasteiger charge is -2.27. The number of likely N-dealkylation sites (N-methyl/N-ethyl adjacent to an activating group) is 1. The zero-order valence-electron chi connectivity index (χ0n) is 13.7. The van der Waals surface area contributed by atoms with Crippen molar-refractivity contribution in [3.8, 4) is 11.5 Å². The van der Waals surface area contributed by atoms with Crippen LogP contribution in [-0.4, -0.2) is 56.2 Å². The molecule has 1 fully saturated rings. The lowest BCUT2D eigenvalue weighted by atomic mass is 10.2. The number of nitrogens with zero attached hydrogens (tertiary/aromatic N) is 1. The van der Waals surface area contributed by atoms with Crippen molar-refractivity contribution in [2.75, 3.05) is 23.9 Å². The number of sulfone groups is 1. The third kappa shape index (κ3) is 3.78. The van der Waals surface area contributed by atoms with Crippen molar-refractivity contribution in [3.05, 3.63) is 18.2 Å². The quantitative estimate of drug-likeness (QED) is 0.856. The van der Waals surface area contributed by atoms with Crippen LogP contribution in [0.1, 0.15) is 13.3 Å². The summed E-state index contributed by atoms with van der Waals surface area (Å²) in [4.78, 5) is 13.9. The van der Waals surface area contributed by atoms with E-state index in [1.165, 1.54) is 23.1 Å². The molecule has 3 rings (SSSR count). The number of carbonyl (C=O) groups is 1. The van der Waals surface area contributed by atoms with Gasteiger partial charge in [0.15, 0.2) is 21.3 Å². The van der Waals surface area contributed by atoms with Gasteiger partial charge in [0.1, 0.15) is 6.04 Å². The van der Waals surface area contributed by atoms with Crippen LogP contribution in [0.5, 0.6) is 11.5 Å². The number of anilines is 1. The van der Waals surface area contributed by atoms with Gasteiger partial charge in [0.05, 0.1) is 11.5 Å². The van der Waals surface area contributed by atoms with Crippen molar-refractivity contribution in [1.29, 1.82) is 0 Å². The first-order valence-electron chi connectivity index (χ1n) is 7.70. The van der Waals surface area contributed by atoms with Crippen molar-refractivity contribution in [2.45, 2.75) is 31.7 Å². The van der Waals surface area contributed by atoms with Gasteiger partial charge in [0.2, 0.25) is 5.91 Å². The standard InChI is InChI=1S/C15H18F2N2O5S/c1-9(14(20)19(2)11-5-6-25(21,22)8-11)18-10-3-4-12-13(7-10)24-15(16,17)23-12/h3-4,7,9,11,18H,5-6,8H2,1-2H3/t9-,11+/m0/s1. The third-order valence-electron chi connectivity index (χ3n) is 4.26. The molecule has 1 amide bonds. The number of benzene rings is 1. The number of ether oxygens (including phenoxy) is 2. The smallest absolute Gasteiger partial charge is 0.395 e. The highest BCUT2D eigenvalue weighted by Crippen LogP contribution is 2.42. The molecule has 25 heavy (non-hydrogen) atoms. The van der Waals surface area contributed by atoms with Gasteiger partial charge >= 0.3 is 6.29 Å². The summed E-state index contributed by atoms with van der Waals surface area (Å²) in [5.41, 5.74) is 0.411. The number of rotatable bonds is 4. The van der Waals surface area contributed by atoms with Gasteiger partial charge in [0.25, 0.3) is 0 Å².